The van der Waals surface area contributed by atoms with Gasteiger partial charge in [0.2, 0.25) is 15.9 Å². The van der Waals surface area contributed by atoms with Crippen molar-refractivity contribution in [1.29, 1.82) is 0 Å². The average molecular weight is 446 g/mol. The van der Waals surface area contributed by atoms with E-state index in [0.717, 1.165) is 28.1 Å². The number of para-hydroxylation sites is 1. The second kappa shape index (κ2) is 9.96. The minimum Gasteiger partial charge on any atom is -0.350 e. The number of nitrogens with one attached hydrogen (secondary N) is 2. The number of aryl methyl sites for hydroxylation is 2. The van der Waals surface area contributed by atoms with Crippen molar-refractivity contribution in [2.45, 2.75) is 53.1 Å². The molecule has 0 saturated heterocycles. The summed E-state index contributed by atoms with van der Waals surface area (Å²) in [5.74, 6) is -0.833. The van der Waals surface area contributed by atoms with Gasteiger partial charge >= 0.3 is 0 Å². The lowest BCUT2D eigenvalue weighted by atomic mass is 10.1. The second-order valence-corrected chi connectivity index (χ2v) is 9.76. The first-order valence-electron chi connectivity index (χ1n) is 10.2. The van der Waals surface area contributed by atoms with Gasteiger partial charge in [-0.25, -0.2) is 8.42 Å². The first kappa shape index (κ1) is 24.4. The van der Waals surface area contributed by atoms with Gasteiger partial charge in [-0.1, -0.05) is 25.1 Å². The van der Waals surface area contributed by atoms with Crippen molar-refractivity contribution in [2.75, 3.05) is 15.9 Å². The molecule has 168 valence electrons. The third-order valence-corrected chi connectivity index (χ3v) is 6.21. The smallest absolute Gasteiger partial charge is 0.253 e. The van der Waals surface area contributed by atoms with Gasteiger partial charge in [0.05, 0.1) is 23.2 Å². The van der Waals surface area contributed by atoms with E-state index >= 15 is 0 Å². The van der Waals surface area contributed by atoms with Crippen molar-refractivity contribution in [3.8, 4) is 0 Å². The number of benzene rings is 2. The van der Waals surface area contributed by atoms with Crippen LogP contribution in [0.2, 0.25) is 0 Å². The van der Waals surface area contributed by atoms with Crippen molar-refractivity contribution in [1.82, 2.24) is 5.32 Å². The minimum atomic E-state index is -3.74. The molecule has 2 N–H and O–H groups in total. The van der Waals surface area contributed by atoms with Crippen molar-refractivity contribution in [2.24, 2.45) is 0 Å². The molecule has 2 unspecified atom stereocenters. The number of rotatable bonds is 8. The van der Waals surface area contributed by atoms with Gasteiger partial charge < -0.3 is 10.6 Å². The summed E-state index contributed by atoms with van der Waals surface area (Å²) in [5, 5.41) is 5.61. The molecule has 0 heterocycles. The molecule has 0 aromatic heterocycles. The Morgan fingerprint density at radius 2 is 1.61 bits per heavy atom. The molecule has 2 amide bonds. The SMILES string of the molecule is CCC(C)NC(=O)c1ccccc1NC(=O)C(C)N(c1cc(C)cc(C)c1)S(C)(=O)=O. The van der Waals surface area contributed by atoms with E-state index in [1.807, 2.05) is 33.8 Å². The summed E-state index contributed by atoms with van der Waals surface area (Å²) in [6, 6.07) is 11.0. The van der Waals surface area contributed by atoms with Crippen LogP contribution in [-0.4, -0.2) is 38.6 Å². The minimum absolute atomic E-state index is 0.0135. The quantitative estimate of drug-likeness (QED) is 0.649. The Bertz CT molecular complexity index is 1050. The maximum absolute atomic E-state index is 13.0. The van der Waals surface area contributed by atoms with E-state index in [0.29, 0.717) is 16.9 Å². The molecular formula is C23H31N3O4S. The second-order valence-electron chi connectivity index (χ2n) is 7.90. The monoisotopic (exact) mass is 445 g/mol. The van der Waals surface area contributed by atoms with Gasteiger partial charge in [0.1, 0.15) is 6.04 Å². The van der Waals surface area contributed by atoms with Crippen LogP contribution in [0.5, 0.6) is 0 Å². The number of carbonyl (C=O) groups excluding carboxylic acids is 2. The molecule has 0 bridgehead atoms. The lowest BCUT2D eigenvalue weighted by Gasteiger charge is -2.29. The maximum atomic E-state index is 13.0. The Kier molecular flexibility index (Phi) is 7.84. The van der Waals surface area contributed by atoms with Crippen LogP contribution in [0.25, 0.3) is 0 Å². The number of nitrogens with zero attached hydrogens (tertiary/aromatic N) is 1. The molecule has 7 nitrogen and oxygen atoms in total. The van der Waals surface area contributed by atoms with Crippen molar-refractivity contribution < 1.29 is 18.0 Å². The van der Waals surface area contributed by atoms with Gasteiger partial charge in [0.25, 0.3) is 5.91 Å². The van der Waals surface area contributed by atoms with Gasteiger partial charge in [0.15, 0.2) is 0 Å². The van der Waals surface area contributed by atoms with Gasteiger partial charge in [0, 0.05) is 6.04 Å². The largest absolute Gasteiger partial charge is 0.350 e. The van der Waals surface area contributed by atoms with E-state index in [9.17, 15) is 18.0 Å². The highest BCUT2D eigenvalue weighted by Crippen LogP contribution is 2.25. The van der Waals surface area contributed by atoms with E-state index in [1.165, 1.54) is 6.92 Å². The standard InChI is InChI=1S/C23H31N3O4S/c1-7-17(4)24-23(28)20-10-8-9-11-21(20)25-22(27)18(5)26(31(6,29)30)19-13-15(2)12-16(3)14-19/h8-14,17-18H,7H2,1-6H3,(H,24,28)(H,25,27). The Morgan fingerprint density at radius 3 is 2.16 bits per heavy atom. The van der Waals surface area contributed by atoms with Gasteiger partial charge in [-0.2, -0.15) is 0 Å². The molecule has 0 fully saturated rings. The molecule has 2 rings (SSSR count). The number of hydrogen-bond donors (Lipinski definition) is 2. The van der Waals surface area contributed by atoms with E-state index in [2.05, 4.69) is 10.6 Å². The van der Waals surface area contributed by atoms with Crippen LogP contribution in [0.1, 0.15) is 48.7 Å². The predicted octanol–water partition coefficient (Wildman–Crippen LogP) is 3.62. The van der Waals surface area contributed by atoms with Crippen molar-refractivity contribution in [3.05, 3.63) is 59.2 Å². The topological polar surface area (TPSA) is 95.6 Å². The maximum Gasteiger partial charge on any atom is 0.253 e. The Balaban J connectivity index is 2.35. The Labute approximate surface area is 184 Å². The Morgan fingerprint density at radius 1 is 1.03 bits per heavy atom. The summed E-state index contributed by atoms with van der Waals surface area (Å²) >= 11 is 0. The molecule has 0 spiro atoms. The average Bonchev–Trinajstić information content (AvgIpc) is 2.66. The molecule has 0 saturated carbocycles. The molecular weight excluding hydrogens is 414 g/mol. The highest BCUT2D eigenvalue weighted by atomic mass is 32.2. The van der Waals surface area contributed by atoms with Crippen LogP contribution in [0.15, 0.2) is 42.5 Å². The number of anilines is 2. The van der Waals surface area contributed by atoms with E-state index in [-0.39, 0.29) is 11.9 Å². The zero-order valence-electron chi connectivity index (χ0n) is 18.9. The molecule has 0 radical (unpaired) electrons. The molecule has 8 heteroatoms. The number of sulfonamides is 1. The van der Waals surface area contributed by atoms with E-state index in [4.69, 9.17) is 0 Å². The number of amides is 2. The molecule has 0 aliphatic carbocycles. The number of hydrogen-bond acceptors (Lipinski definition) is 4. The fourth-order valence-corrected chi connectivity index (χ4v) is 4.48. The lowest BCUT2D eigenvalue weighted by Crippen LogP contribution is -2.45. The first-order chi connectivity index (χ1) is 14.4. The van der Waals surface area contributed by atoms with Crippen LogP contribution in [0.3, 0.4) is 0 Å². The van der Waals surface area contributed by atoms with Crippen LogP contribution in [0, 0.1) is 13.8 Å². The zero-order valence-corrected chi connectivity index (χ0v) is 19.7. The molecule has 0 aliphatic heterocycles. The van der Waals surface area contributed by atoms with Crippen LogP contribution in [0.4, 0.5) is 11.4 Å². The number of carbonyl (C=O) groups is 2. The van der Waals surface area contributed by atoms with Crippen LogP contribution < -0.4 is 14.9 Å². The lowest BCUT2D eigenvalue weighted by molar-refractivity contribution is -0.116. The summed E-state index contributed by atoms with van der Waals surface area (Å²) in [5.41, 5.74) is 2.85. The van der Waals surface area contributed by atoms with Gasteiger partial charge in [-0.15, -0.1) is 0 Å². The first-order valence-corrected chi connectivity index (χ1v) is 12.1. The Hall–Kier alpha value is -2.87. The van der Waals surface area contributed by atoms with E-state index in [1.54, 1.807) is 36.4 Å². The normalized spacial score (nSPS) is 13.2. The fourth-order valence-electron chi connectivity index (χ4n) is 3.32. The molecule has 2 aromatic carbocycles. The summed E-state index contributed by atoms with van der Waals surface area (Å²) in [6.45, 7) is 9.12. The molecule has 2 aromatic rings. The van der Waals surface area contributed by atoms with Crippen LogP contribution in [-0.2, 0) is 14.8 Å². The third kappa shape index (κ3) is 6.30. The molecule has 31 heavy (non-hydrogen) atoms. The van der Waals surface area contributed by atoms with Crippen LogP contribution >= 0.6 is 0 Å². The highest BCUT2D eigenvalue weighted by molar-refractivity contribution is 7.92. The highest BCUT2D eigenvalue weighted by Gasteiger charge is 2.30. The fraction of sp³-hybridized carbons (Fsp3) is 0.391. The summed E-state index contributed by atoms with van der Waals surface area (Å²) in [4.78, 5) is 25.7. The summed E-state index contributed by atoms with van der Waals surface area (Å²) in [6.07, 6.45) is 1.85. The third-order valence-electron chi connectivity index (χ3n) is 4.97. The van der Waals surface area contributed by atoms with Crippen molar-refractivity contribution in [3.63, 3.8) is 0 Å². The zero-order chi connectivity index (χ0) is 23.3. The van der Waals surface area contributed by atoms with Gasteiger partial charge in [-0.3, -0.25) is 13.9 Å². The molecule has 0 aliphatic rings. The summed E-state index contributed by atoms with van der Waals surface area (Å²) < 4.78 is 26.2. The van der Waals surface area contributed by atoms with E-state index < -0.39 is 22.0 Å². The van der Waals surface area contributed by atoms with Crippen molar-refractivity contribution >= 4 is 33.2 Å². The predicted molar refractivity (Wildman–Crippen MR) is 125 cm³/mol. The van der Waals surface area contributed by atoms with Gasteiger partial charge in [-0.05, 0) is 69.5 Å². The molecule has 2 atom stereocenters. The summed E-state index contributed by atoms with van der Waals surface area (Å²) in [7, 11) is -3.74.